The van der Waals surface area contributed by atoms with Gasteiger partial charge in [-0.05, 0) is 67.7 Å². The number of amides is 1. The van der Waals surface area contributed by atoms with E-state index in [1.54, 1.807) is 42.7 Å². The van der Waals surface area contributed by atoms with Gasteiger partial charge in [0.05, 0.1) is 18.6 Å². The highest BCUT2D eigenvalue weighted by Crippen LogP contribution is 2.24. The predicted octanol–water partition coefficient (Wildman–Crippen LogP) is 3.50. The molecule has 5 nitrogen and oxygen atoms in total. The molecule has 0 bridgehead atoms. The molecule has 1 aliphatic heterocycles. The summed E-state index contributed by atoms with van der Waals surface area (Å²) < 4.78 is 10.6. The van der Waals surface area contributed by atoms with Crippen molar-refractivity contribution in [2.45, 2.75) is 6.92 Å². The van der Waals surface area contributed by atoms with E-state index in [1.165, 1.54) is 4.90 Å². The molecular weight excluding hydrogens is 324 g/mol. The van der Waals surface area contributed by atoms with Gasteiger partial charge in [-0.3, -0.25) is 9.69 Å². The molecule has 24 heavy (non-hydrogen) atoms. The number of hydrogen-bond donors (Lipinski definition) is 1. The highest BCUT2D eigenvalue weighted by Gasteiger charge is 2.31. The van der Waals surface area contributed by atoms with E-state index in [1.807, 2.05) is 25.1 Å². The lowest BCUT2D eigenvalue weighted by Gasteiger charge is -2.14. The molecule has 0 aliphatic carbocycles. The zero-order valence-electron chi connectivity index (χ0n) is 13.1. The highest BCUT2D eigenvalue weighted by molar-refractivity contribution is 7.80. The largest absolute Gasteiger partial charge is 0.494 e. The van der Waals surface area contributed by atoms with Crippen LogP contribution in [-0.2, 0) is 4.79 Å². The molecule has 0 atom stereocenters. The lowest BCUT2D eigenvalue weighted by Crippen LogP contribution is -2.30. The fraction of sp³-hybridized carbons (Fsp3) is 0.111. The number of carbonyl (C=O) groups excluding carboxylic acids is 1. The Morgan fingerprint density at radius 2 is 2.08 bits per heavy atom. The minimum absolute atomic E-state index is 0.201. The van der Waals surface area contributed by atoms with Gasteiger partial charge in [-0.15, -0.1) is 0 Å². The monoisotopic (exact) mass is 340 g/mol. The van der Waals surface area contributed by atoms with E-state index in [4.69, 9.17) is 21.4 Å². The van der Waals surface area contributed by atoms with Crippen molar-refractivity contribution in [1.29, 1.82) is 0 Å². The average molecular weight is 340 g/mol. The standard InChI is InChI=1S/C18H16N2O3S/c1-2-22-15-10-8-13(9-11-15)20-17(21)16(19-18(20)24)7-3-5-14-6-4-12-23-14/h3-12H,2H2,1H3,(H,19,24)/b5-3+,16-7+. The Kier molecular flexibility index (Phi) is 4.77. The van der Waals surface area contributed by atoms with Crippen LogP contribution < -0.4 is 15.0 Å². The first-order valence-electron chi connectivity index (χ1n) is 7.49. The summed E-state index contributed by atoms with van der Waals surface area (Å²) in [5.74, 6) is 1.26. The number of thiocarbonyl (C=S) groups is 1. The normalized spacial score (nSPS) is 16.2. The summed E-state index contributed by atoms with van der Waals surface area (Å²) in [6.07, 6.45) is 6.77. The minimum atomic E-state index is -0.201. The average Bonchev–Trinajstić information content (AvgIpc) is 3.18. The van der Waals surface area contributed by atoms with E-state index >= 15 is 0 Å². The highest BCUT2D eigenvalue weighted by atomic mass is 32.1. The number of furan rings is 1. The number of nitrogens with zero attached hydrogens (tertiary/aromatic N) is 1. The molecule has 0 radical (unpaired) electrons. The van der Waals surface area contributed by atoms with Crippen LogP contribution in [0, 0.1) is 0 Å². The van der Waals surface area contributed by atoms with E-state index in [-0.39, 0.29) is 5.91 Å². The molecule has 6 heteroatoms. The first-order valence-corrected chi connectivity index (χ1v) is 7.90. The summed E-state index contributed by atoms with van der Waals surface area (Å²) in [6.45, 7) is 2.51. The lowest BCUT2D eigenvalue weighted by molar-refractivity contribution is -0.113. The number of ether oxygens (including phenoxy) is 1. The maximum atomic E-state index is 12.5. The Balaban J connectivity index is 1.76. The molecule has 0 unspecified atom stereocenters. The summed E-state index contributed by atoms with van der Waals surface area (Å²) in [5, 5.41) is 3.28. The van der Waals surface area contributed by atoms with Crippen LogP contribution in [0.15, 0.2) is 64.9 Å². The van der Waals surface area contributed by atoms with Crippen LogP contribution >= 0.6 is 12.2 Å². The summed E-state index contributed by atoms with van der Waals surface area (Å²) in [7, 11) is 0. The van der Waals surface area contributed by atoms with Gasteiger partial charge in [0.25, 0.3) is 5.91 Å². The number of anilines is 1. The molecule has 1 saturated heterocycles. The van der Waals surface area contributed by atoms with Crippen LogP contribution in [0.1, 0.15) is 12.7 Å². The maximum Gasteiger partial charge on any atom is 0.281 e. The number of nitrogens with one attached hydrogen (secondary N) is 1. The Morgan fingerprint density at radius 1 is 1.29 bits per heavy atom. The number of allylic oxidation sites excluding steroid dienone is 2. The Morgan fingerprint density at radius 3 is 2.75 bits per heavy atom. The molecule has 0 spiro atoms. The van der Waals surface area contributed by atoms with Crippen molar-refractivity contribution in [2.75, 3.05) is 11.5 Å². The fourth-order valence-corrected chi connectivity index (χ4v) is 2.57. The van der Waals surface area contributed by atoms with Crippen molar-refractivity contribution in [3.63, 3.8) is 0 Å². The van der Waals surface area contributed by atoms with E-state index < -0.39 is 0 Å². The number of hydrogen-bond acceptors (Lipinski definition) is 4. The molecule has 1 N–H and O–H groups in total. The van der Waals surface area contributed by atoms with Crippen molar-refractivity contribution in [2.24, 2.45) is 0 Å². The summed E-state index contributed by atoms with van der Waals surface area (Å²) in [6, 6.07) is 10.9. The molecule has 1 amide bonds. The van der Waals surface area contributed by atoms with Crippen molar-refractivity contribution >= 4 is 35.0 Å². The van der Waals surface area contributed by atoms with Crippen molar-refractivity contribution < 1.29 is 13.9 Å². The summed E-state index contributed by atoms with van der Waals surface area (Å²) in [4.78, 5) is 14.0. The third-order valence-corrected chi connectivity index (χ3v) is 3.64. The first kappa shape index (κ1) is 16.0. The minimum Gasteiger partial charge on any atom is -0.494 e. The van der Waals surface area contributed by atoms with Gasteiger partial charge in [-0.2, -0.15) is 0 Å². The van der Waals surface area contributed by atoms with Gasteiger partial charge in [0, 0.05) is 0 Å². The van der Waals surface area contributed by atoms with Crippen LogP contribution in [0.5, 0.6) is 5.75 Å². The molecule has 1 aromatic heterocycles. The van der Waals surface area contributed by atoms with Crippen molar-refractivity contribution in [3.05, 3.63) is 66.3 Å². The van der Waals surface area contributed by atoms with Crippen molar-refractivity contribution in [1.82, 2.24) is 5.32 Å². The van der Waals surface area contributed by atoms with Crippen LogP contribution in [0.4, 0.5) is 5.69 Å². The van der Waals surface area contributed by atoms with Gasteiger partial charge in [0.1, 0.15) is 17.2 Å². The zero-order chi connectivity index (χ0) is 16.9. The quantitative estimate of drug-likeness (QED) is 0.667. The van der Waals surface area contributed by atoms with Gasteiger partial charge in [0.2, 0.25) is 0 Å². The molecule has 1 aromatic carbocycles. The second kappa shape index (κ2) is 7.14. The summed E-state index contributed by atoms with van der Waals surface area (Å²) >= 11 is 5.27. The SMILES string of the molecule is CCOc1ccc(N2C(=O)/C(=C\C=C\c3ccco3)NC2=S)cc1. The third kappa shape index (κ3) is 3.38. The molecule has 2 aromatic rings. The first-order chi connectivity index (χ1) is 11.7. The molecule has 2 heterocycles. The van der Waals surface area contributed by atoms with Gasteiger partial charge in [-0.25, -0.2) is 0 Å². The van der Waals surface area contributed by atoms with Gasteiger partial charge < -0.3 is 14.5 Å². The summed E-state index contributed by atoms with van der Waals surface area (Å²) in [5.41, 5.74) is 1.11. The van der Waals surface area contributed by atoms with Crippen LogP contribution in [0.25, 0.3) is 6.08 Å². The van der Waals surface area contributed by atoms with E-state index in [9.17, 15) is 4.79 Å². The fourth-order valence-electron chi connectivity index (χ4n) is 2.27. The predicted molar refractivity (Wildman–Crippen MR) is 96.7 cm³/mol. The van der Waals surface area contributed by atoms with Gasteiger partial charge in [0.15, 0.2) is 5.11 Å². The van der Waals surface area contributed by atoms with Crippen LogP contribution in [-0.4, -0.2) is 17.6 Å². The lowest BCUT2D eigenvalue weighted by atomic mass is 10.2. The number of carbonyl (C=O) groups is 1. The second-order valence-electron chi connectivity index (χ2n) is 4.95. The van der Waals surface area contributed by atoms with Crippen molar-refractivity contribution in [3.8, 4) is 5.75 Å². The smallest absolute Gasteiger partial charge is 0.281 e. The molecule has 1 fully saturated rings. The van der Waals surface area contributed by atoms with E-state index in [0.717, 1.165) is 5.75 Å². The Labute approximate surface area is 145 Å². The Bertz CT molecular complexity index is 792. The molecular formula is C18H16N2O3S. The topological polar surface area (TPSA) is 54.7 Å². The molecule has 0 saturated carbocycles. The molecule has 122 valence electrons. The van der Waals surface area contributed by atoms with Gasteiger partial charge >= 0.3 is 0 Å². The van der Waals surface area contributed by atoms with Gasteiger partial charge in [-0.1, -0.05) is 6.08 Å². The van der Waals surface area contributed by atoms with Crippen LogP contribution in [0.3, 0.4) is 0 Å². The number of rotatable bonds is 5. The maximum absolute atomic E-state index is 12.5. The number of benzene rings is 1. The van der Waals surface area contributed by atoms with Crippen LogP contribution in [0.2, 0.25) is 0 Å². The van der Waals surface area contributed by atoms with E-state index in [2.05, 4.69) is 5.32 Å². The third-order valence-electron chi connectivity index (χ3n) is 3.35. The van der Waals surface area contributed by atoms with E-state index in [0.29, 0.717) is 28.9 Å². The molecule has 3 rings (SSSR count). The Hall–Kier alpha value is -2.86. The second-order valence-corrected chi connectivity index (χ2v) is 5.34. The molecule has 1 aliphatic rings. The zero-order valence-corrected chi connectivity index (χ0v) is 13.9.